The Hall–Kier alpha value is -1.59. The van der Waals surface area contributed by atoms with E-state index in [0.29, 0.717) is 31.1 Å². The smallest absolute Gasteiger partial charge is 0.126 e. The van der Waals surface area contributed by atoms with E-state index in [2.05, 4.69) is 37.3 Å². The van der Waals surface area contributed by atoms with Gasteiger partial charge in [0.1, 0.15) is 5.75 Å². The number of fused-ring (bicyclic) bond motifs is 4. The molecule has 2 aliphatic rings. The van der Waals surface area contributed by atoms with Crippen molar-refractivity contribution < 1.29 is 19.3 Å². The van der Waals surface area contributed by atoms with Gasteiger partial charge >= 0.3 is 0 Å². The van der Waals surface area contributed by atoms with E-state index in [1.165, 1.54) is 11.1 Å². The Morgan fingerprint density at radius 1 is 0.969 bits per heavy atom. The number of hydrogen-bond donors (Lipinski definition) is 1. The first-order chi connectivity index (χ1) is 15.6. The molecule has 1 saturated heterocycles. The number of aryl methyl sites for hydroxylation is 1. The minimum atomic E-state index is -0.413. The fourth-order valence-corrected chi connectivity index (χ4v) is 4.82. The SMILES string of the molecule is CCc1ccc(Cc2cc3c(cc2Cl)OCCCCCCOCC2CC(O)CC3O2)cc1. The molecule has 1 N–H and O–H groups in total. The van der Waals surface area contributed by atoms with Gasteiger partial charge in [-0.25, -0.2) is 0 Å². The van der Waals surface area contributed by atoms with Crippen LogP contribution in [0.25, 0.3) is 0 Å². The fourth-order valence-electron chi connectivity index (χ4n) is 4.60. The summed E-state index contributed by atoms with van der Waals surface area (Å²) < 4.78 is 18.4. The minimum Gasteiger partial charge on any atom is -0.493 e. The normalized spacial score (nSPS) is 24.8. The van der Waals surface area contributed by atoms with Crippen LogP contribution in [-0.4, -0.2) is 37.1 Å². The van der Waals surface area contributed by atoms with E-state index < -0.39 is 6.10 Å². The van der Waals surface area contributed by atoms with Crippen molar-refractivity contribution in [2.24, 2.45) is 0 Å². The minimum absolute atomic E-state index is 0.111. The molecule has 0 amide bonds. The molecule has 0 radical (unpaired) electrons. The van der Waals surface area contributed by atoms with Crippen LogP contribution in [0.1, 0.15) is 73.8 Å². The Balaban J connectivity index is 1.62. The first-order valence-corrected chi connectivity index (χ1v) is 12.4. The molecule has 0 aliphatic carbocycles. The van der Waals surface area contributed by atoms with Crippen LogP contribution in [-0.2, 0) is 22.3 Å². The van der Waals surface area contributed by atoms with Crippen LogP contribution in [0.4, 0.5) is 0 Å². The molecule has 32 heavy (non-hydrogen) atoms. The van der Waals surface area contributed by atoms with Gasteiger partial charge < -0.3 is 19.3 Å². The van der Waals surface area contributed by atoms with Crippen molar-refractivity contribution >= 4 is 11.6 Å². The van der Waals surface area contributed by atoms with Crippen LogP contribution in [0.3, 0.4) is 0 Å². The number of rotatable bonds is 3. The first-order valence-electron chi connectivity index (χ1n) is 12.1. The maximum atomic E-state index is 10.6. The van der Waals surface area contributed by atoms with Crippen LogP contribution >= 0.6 is 11.6 Å². The van der Waals surface area contributed by atoms with Crippen LogP contribution < -0.4 is 4.74 Å². The largest absolute Gasteiger partial charge is 0.493 e. The van der Waals surface area contributed by atoms with Gasteiger partial charge in [0.15, 0.2) is 0 Å². The van der Waals surface area contributed by atoms with E-state index in [4.69, 9.17) is 25.8 Å². The quantitative estimate of drug-likeness (QED) is 0.608. The number of hydrogen-bond acceptors (Lipinski definition) is 4. The fraction of sp³-hybridized carbons (Fsp3) is 0.556. The number of halogens is 1. The molecule has 2 aromatic rings. The summed E-state index contributed by atoms with van der Waals surface area (Å²) in [5.41, 5.74) is 4.59. The van der Waals surface area contributed by atoms with Crippen molar-refractivity contribution in [1.29, 1.82) is 0 Å². The highest BCUT2D eigenvalue weighted by Gasteiger charge is 2.32. The molecule has 0 spiro atoms. The topological polar surface area (TPSA) is 47.9 Å². The molecule has 2 heterocycles. The van der Waals surface area contributed by atoms with Gasteiger partial charge in [-0.05, 0) is 60.9 Å². The second kappa shape index (κ2) is 11.5. The van der Waals surface area contributed by atoms with Crippen molar-refractivity contribution in [1.82, 2.24) is 0 Å². The predicted molar refractivity (Wildman–Crippen MR) is 128 cm³/mol. The third-order valence-electron chi connectivity index (χ3n) is 6.47. The summed E-state index contributed by atoms with van der Waals surface area (Å²) in [4.78, 5) is 0. The van der Waals surface area contributed by atoms with Crippen LogP contribution in [0.2, 0.25) is 5.02 Å². The molecule has 1 fully saturated rings. The molecule has 2 bridgehead atoms. The van der Waals surface area contributed by atoms with Gasteiger partial charge in [0.2, 0.25) is 0 Å². The van der Waals surface area contributed by atoms with Crippen LogP contribution in [0.5, 0.6) is 5.75 Å². The second-order valence-corrected chi connectivity index (χ2v) is 9.45. The van der Waals surface area contributed by atoms with Crippen molar-refractivity contribution in [3.63, 3.8) is 0 Å². The summed E-state index contributed by atoms with van der Waals surface area (Å²) in [6.07, 6.45) is 6.48. The molecule has 2 aliphatic heterocycles. The summed E-state index contributed by atoms with van der Waals surface area (Å²) in [7, 11) is 0. The number of aliphatic hydroxyl groups excluding tert-OH is 1. The van der Waals surface area contributed by atoms with Gasteiger partial charge in [0.25, 0.3) is 0 Å². The summed E-state index contributed by atoms with van der Waals surface area (Å²) >= 11 is 6.71. The Morgan fingerprint density at radius 2 is 1.72 bits per heavy atom. The molecule has 0 aromatic heterocycles. The molecule has 5 heteroatoms. The lowest BCUT2D eigenvalue weighted by atomic mass is 9.93. The molecule has 2 aromatic carbocycles. The summed E-state index contributed by atoms with van der Waals surface area (Å²) in [6, 6.07) is 12.8. The molecular weight excluding hydrogens is 424 g/mol. The molecule has 174 valence electrons. The van der Waals surface area contributed by atoms with Gasteiger partial charge in [-0.2, -0.15) is 0 Å². The monoisotopic (exact) mass is 458 g/mol. The highest BCUT2D eigenvalue weighted by molar-refractivity contribution is 6.31. The highest BCUT2D eigenvalue weighted by atomic mass is 35.5. The maximum absolute atomic E-state index is 10.6. The van der Waals surface area contributed by atoms with Gasteiger partial charge in [0.05, 0.1) is 31.5 Å². The average Bonchev–Trinajstić information content (AvgIpc) is 2.79. The van der Waals surface area contributed by atoms with E-state index in [9.17, 15) is 5.11 Å². The van der Waals surface area contributed by atoms with E-state index >= 15 is 0 Å². The number of aliphatic hydroxyl groups is 1. The predicted octanol–water partition coefficient (Wildman–Crippen LogP) is 6.04. The van der Waals surface area contributed by atoms with Crippen molar-refractivity contribution in [3.05, 3.63) is 63.7 Å². The standard InChI is InChI=1S/C27H35ClO4/c1-2-19-7-9-20(10-8-19)13-21-14-24-26(17-25(21)28)31-12-6-4-3-5-11-30-18-23-15-22(29)16-27(24)32-23/h7-10,14,17,22-23,27,29H,2-6,11-13,15-16,18H2,1H3. The van der Waals surface area contributed by atoms with E-state index in [1.54, 1.807) is 0 Å². The molecule has 3 unspecified atom stereocenters. The van der Waals surface area contributed by atoms with Crippen LogP contribution in [0, 0.1) is 0 Å². The van der Waals surface area contributed by atoms with Gasteiger partial charge in [-0.1, -0.05) is 49.2 Å². The lowest BCUT2D eigenvalue weighted by molar-refractivity contribution is -0.124. The molecule has 3 atom stereocenters. The second-order valence-electron chi connectivity index (χ2n) is 9.04. The summed E-state index contributed by atoms with van der Waals surface area (Å²) in [6.45, 7) is 4.08. The Kier molecular flexibility index (Phi) is 8.48. The third kappa shape index (κ3) is 6.26. The van der Waals surface area contributed by atoms with E-state index in [0.717, 1.165) is 62.0 Å². The van der Waals surface area contributed by atoms with Crippen molar-refractivity contribution in [2.45, 2.75) is 76.6 Å². The van der Waals surface area contributed by atoms with Gasteiger partial charge in [-0.3, -0.25) is 0 Å². The summed E-state index contributed by atoms with van der Waals surface area (Å²) in [5.74, 6) is 0.774. The molecule has 4 nitrogen and oxygen atoms in total. The zero-order chi connectivity index (χ0) is 22.3. The van der Waals surface area contributed by atoms with Gasteiger partial charge in [-0.15, -0.1) is 0 Å². The maximum Gasteiger partial charge on any atom is 0.126 e. The number of ether oxygens (including phenoxy) is 3. The molecule has 0 saturated carbocycles. The zero-order valence-corrected chi connectivity index (χ0v) is 19.8. The molecule has 4 rings (SSSR count). The zero-order valence-electron chi connectivity index (χ0n) is 19.0. The average molecular weight is 459 g/mol. The Bertz CT molecular complexity index is 867. The summed E-state index contributed by atoms with van der Waals surface area (Å²) in [5, 5.41) is 11.3. The lowest BCUT2D eigenvalue weighted by Crippen LogP contribution is -2.34. The highest BCUT2D eigenvalue weighted by Crippen LogP contribution is 2.40. The third-order valence-corrected chi connectivity index (χ3v) is 6.83. The van der Waals surface area contributed by atoms with Crippen molar-refractivity contribution in [2.75, 3.05) is 19.8 Å². The Labute approximate surface area is 196 Å². The number of benzene rings is 2. The van der Waals surface area contributed by atoms with Crippen LogP contribution in [0.15, 0.2) is 36.4 Å². The lowest BCUT2D eigenvalue weighted by Gasteiger charge is -2.34. The van der Waals surface area contributed by atoms with E-state index in [-0.39, 0.29) is 12.2 Å². The molecular formula is C27H35ClO4. The first kappa shape index (κ1) is 23.6. The Morgan fingerprint density at radius 3 is 2.50 bits per heavy atom. The van der Waals surface area contributed by atoms with E-state index in [1.807, 2.05) is 6.07 Å². The van der Waals surface area contributed by atoms with Crippen molar-refractivity contribution in [3.8, 4) is 5.75 Å². The van der Waals surface area contributed by atoms with Gasteiger partial charge in [0, 0.05) is 30.0 Å².